The van der Waals surface area contributed by atoms with Crippen molar-refractivity contribution in [2.45, 2.75) is 20.3 Å². The van der Waals surface area contributed by atoms with Crippen LogP contribution in [0.15, 0.2) is 48.2 Å². The van der Waals surface area contributed by atoms with Crippen molar-refractivity contribution in [2.24, 2.45) is 0 Å². The molecule has 0 aliphatic carbocycles. The van der Waals surface area contributed by atoms with E-state index in [1.165, 1.54) is 4.90 Å². The zero-order valence-electron chi connectivity index (χ0n) is 19.5. The molecule has 2 aliphatic heterocycles. The minimum atomic E-state index is -0.303. The predicted molar refractivity (Wildman–Crippen MR) is 128 cm³/mol. The molecule has 2 aliphatic rings. The van der Waals surface area contributed by atoms with E-state index in [2.05, 4.69) is 10.2 Å². The van der Waals surface area contributed by atoms with Crippen LogP contribution in [0, 0.1) is 13.8 Å². The summed E-state index contributed by atoms with van der Waals surface area (Å²) >= 11 is 0. The van der Waals surface area contributed by atoms with Gasteiger partial charge in [0.25, 0.3) is 11.8 Å². The molecule has 2 aromatic carbocycles. The van der Waals surface area contributed by atoms with Crippen molar-refractivity contribution in [3.05, 3.63) is 64.9 Å². The number of methoxy groups -OCH3 is 1. The molecule has 0 unspecified atom stereocenters. The van der Waals surface area contributed by atoms with Crippen molar-refractivity contribution >= 4 is 23.1 Å². The quantitative estimate of drug-likeness (QED) is 0.624. The Morgan fingerprint density at radius 3 is 2.48 bits per heavy atom. The van der Waals surface area contributed by atoms with Gasteiger partial charge in [0, 0.05) is 37.4 Å². The fourth-order valence-electron chi connectivity index (χ4n) is 4.36. The molecule has 0 saturated carbocycles. The Hall–Kier alpha value is -3.16. The van der Waals surface area contributed by atoms with Crippen LogP contribution in [0.4, 0.5) is 5.69 Å². The lowest BCUT2D eigenvalue weighted by Gasteiger charge is -2.27. The molecule has 0 spiro atoms. The summed E-state index contributed by atoms with van der Waals surface area (Å²) in [6.07, 6.45) is 0.716. The molecule has 7 nitrogen and oxygen atoms in total. The zero-order valence-corrected chi connectivity index (χ0v) is 19.5. The minimum Gasteiger partial charge on any atom is -0.496 e. The van der Waals surface area contributed by atoms with E-state index in [0.717, 1.165) is 49.7 Å². The Bertz CT molecular complexity index is 1070. The first kappa shape index (κ1) is 23.0. The Labute approximate surface area is 195 Å². The highest BCUT2D eigenvalue weighted by Gasteiger charge is 2.40. The molecule has 1 fully saturated rings. The van der Waals surface area contributed by atoms with Gasteiger partial charge in [-0.25, -0.2) is 0 Å². The van der Waals surface area contributed by atoms with Crippen LogP contribution in [0.2, 0.25) is 0 Å². The highest BCUT2D eigenvalue weighted by Crippen LogP contribution is 2.35. The van der Waals surface area contributed by atoms with Crippen LogP contribution in [0.3, 0.4) is 0 Å². The number of aryl methyl sites for hydroxylation is 2. The first-order valence-electron chi connectivity index (χ1n) is 11.4. The van der Waals surface area contributed by atoms with Crippen LogP contribution in [-0.2, 0) is 14.3 Å². The fourth-order valence-corrected chi connectivity index (χ4v) is 4.36. The van der Waals surface area contributed by atoms with E-state index in [1.54, 1.807) is 13.2 Å². The topological polar surface area (TPSA) is 71.1 Å². The number of benzene rings is 2. The van der Waals surface area contributed by atoms with E-state index < -0.39 is 0 Å². The van der Waals surface area contributed by atoms with Gasteiger partial charge in [-0.05, 0) is 38.0 Å². The zero-order chi connectivity index (χ0) is 23.4. The average Bonchev–Trinajstić information content (AvgIpc) is 3.05. The largest absolute Gasteiger partial charge is 0.496 e. The van der Waals surface area contributed by atoms with E-state index in [-0.39, 0.29) is 11.8 Å². The van der Waals surface area contributed by atoms with Gasteiger partial charge in [0.05, 0.1) is 25.9 Å². The monoisotopic (exact) mass is 449 g/mol. The lowest BCUT2D eigenvalue weighted by molar-refractivity contribution is -0.136. The molecular weight excluding hydrogens is 418 g/mol. The molecule has 0 radical (unpaired) electrons. The first-order valence-corrected chi connectivity index (χ1v) is 11.4. The normalized spacial score (nSPS) is 17.1. The number of para-hydroxylation sites is 1. The standard InChI is InChI=1S/C26H31N3O4/c1-18-9-10-21(19(2)17-18)27-24-23(20-7-4-5-8-22(20)32-3)25(30)29(26(24)31)12-6-11-28-13-15-33-16-14-28/h4-5,7-10,17,27H,6,11-16H2,1-3H3. The number of imide groups is 1. The number of nitrogens with one attached hydrogen (secondary N) is 1. The van der Waals surface area contributed by atoms with Crippen LogP contribution < -0.4 is 10.1 Å². The summed E-state index contributed by atoms with van der Waals surface area (Å²) in [6, 6.07) is 13.3. The maximum atomic E-state index is 13.5. The van der Waals surface area contributed by atoms with E-state index in [0.29, 0.717) is 35.5 Å². The molecule has 0 bridgehead atoms. The van der Waals surface area contributed by atoms with Crippen molar-refractivity contribution < 1.29 is 19.1 Å². The second-order valence-corrected chi connectivity index (χ2v) is 8.46. The van der Waals surface area contributed by atoms with Gasteiger partial charge in [-0.2, -0.15) is 0 Å². The van der Waals surface area contributed by atoms with Crippen LogP contribution in [0.1, 0.15) is 23.1 Å². The molecule has 2 heterocycles. The molecule has 1 saturated heterocycles. The highest BCUT2D eigenvalue weighted by atomic mass is 16.5. The molecule has 0 aromatic heterocycles. The number of hydrogen-bond acceptors (Lipinski definition) is 6. The summed E-state index contributed by atoms with van der Waals surface area (Å²) < 4.78 is 10.9. The number of carbonyl (C=O) groups is 2. The van der Waals surface area contributed by atoms with Crippen LogP contribution >= 0.6 is 0 Å². The SMILES string of the molecule is COc1ccccc1C1=C(Nc2ccc(C)cc2C)C(=O)N(CCCN2CCOCC2)C1=O. The summed E-state index contributed by atoms with van der Waals surface area (Å²) in [5.41, 5.74) is 4.20. The second-order valence-electron chi connectivity index (χ2n) is 8.46. The summed E-state index contributed by atoms with van der Waals surface area (Å²) in [6.45, 7) is 8.42. The Morgan fingerprint density at radius 2 is 1.76 bits per heavy atom. The molecule has 4 rings (SSSR count). The molecule has 1 N–H and O–H groups in total. The summed E-state index contributed by atoms with van der Waals surface area (Å²) in [7, 11) is 1.57. The van der Waals surface area contributed by atoms with E-state index in [4.69, 9.17) is 9.47 Å². The van der Waals surface area contributed by atoms with E-state index >= 15 is 0 Å². The minimum absolute atomic E-state index is 0.293. The maximum absolute atomic E-state index is 13.5. The third-order valence-electron chi connectivity index (χ3n) is 6.15. The number of rotatable bonds is 8. The molecule has 2 amide bonds. The van der Waals surface area contributed by atoms with Gasteiger partial charge in [0.15, 0.2) is 0 Å². The Balaban J connectivity index is 1.62. The number of nitrogens with zero attached hydrogens (tertiary/aromatic N) is 2. The third-order valence-corrected chi connectivity index (χ3v) is 6.15. The van der Waals surface area contributed by atoms with Gasteiger partial charge >= 0.3 is 0 Å². The molecule has 2 aromatic rings. The van der Waals surface area contributed by atoms with Crippen LogP contribution in [-0.4, -0.2) is 68.1 Å². The maximum Gasteiger partial charge on any atom is 0.278 e. The fraction of sp³-hybridized carbons (Fsp3) is 0.385. The van der Waals surface area contributed by atoms with Crippen molar-refractivity contribution in [1.29, 1.82) is 0 Å². The van der Waals surface area contributed by atoms with Crippen molar-refractivity contribution in [2.75, 3.05) is 51.8 Å². The average molecular weight is 450 g/mol. The predicted octanol–water partition coefficient (Wildman–Crippen LogP) is 3.23. The number of carbonyl (C=O) groups excluding carboxylic acids is 2. The van der Waals surface area contributed by atoms with Gasteiger partial charge in [-0.1, -0.05) is 35.9 Å². The highest BCUT2D eigenvalue weighted by molar-refractivity contribution is 6.37. The van der Waals surface area contributed by atoms with Crippen LogP contribution in [0.25, 0.3) is 5.57 Å². The summed E-state index contributed by atoms with van der Waals surface area (Å²) in [5, 5.41) is 3.27. The van der Waals surface area contributed by atoms with E-state index in [9.17, 15) is 9.59 Å². The number of morpholine rings is 1. The van der Waals surface area contributed by atoms with Gasteiger partial charge in [-0.15, -0.1) is 0 Å². The lowest BCUT2D eigenvalue weighted by atomic mass is 10.0. The van der Waals surface area contributed by atoms with Crippen LogP contribution in [0.5, 0.6) is 5.75 Å². The van der Waals surface area contributed by atoms with Crippen molar-refractivity contribution in [3.8, 4) is 5.75 Å². The van der Waals surface area contributed by atoms with Gasteiger partial charge < -0.3 is 14.8 Å². The van der Waals surface area contributed by atoms with Gasteiger partial charge in [-0.3, -0.25) is 19.4 Å². The molecular formula is C26H31N3O4. The van der Waals surface area contributed by atoms with Crippen molar-refractivity contribution in [3.63, 3.8) is 0 Å². The summed E-state index contributed by atoms with van der Waals surface area (Å²) in [5.74, 6) is -0.0367. The van der Waals surface area contributed by atoms with Gasteiger partial charge in [0.2, 0.25) is 0 Å². The smallest absolute Gasteiger partial charge is 0.278 e. The number of anilines is 1. The molecule has 174 valence electrons. The Kier molecular flexibility index (Phi) is 7.11. The second kappa shape index (κ2) is 10.2. The van der Waals surface area contributed by atoms with Crippen molar-refractivity contribution in [1.82, 2.24) is 9.80 Å². The Morgan fingerprint density at radius 1 is 1.00 bits per heavy atom. The lowest BCUT2D eigenvalue weighted by Crippen LogP contribution is -2.39. The number of amides is 2. The molecule has 33 heavy (non-hydrogen) atoms. The first-order chi connectivity index (χ1) is 16.0. The number of hydrogen-bond donors (Lipinski definition) is 1. The third kappa shape index (κ3) is 4.94. The molecule has 0 atom stereocenters. The summed E-state index contributed by atoms with van der Waals surface area (Å²) in [4.78, 5) is 30.7. The molecule has 7 heteroatoms. The van der Waals surface area contributed by atoms with E-state index in [1.807, 2.05) is 50.2 Å². The van der Waals surface area contributed by atoms with Gasteiger partial charge in [0.1, 0.15) is 11.4 Å². The number of ether oxygens (including phenoxy) is 2.